The average molecular weight is 554 g/mol. The molecule has 6 aliphatic rings. The monoisotopic (exact) mass is 553 g/mol. The third kappa shape index (κ3) is 5.06. The van der Waals surface area contributed by atoms with Crippen molar-refractivity contribution in [2.45, 2.75) is 82.8 Å². The van der Waals surface area contributed by atoms with E-state index in [0.29, 0.717) is 17.0 Å². The minimum absolute atomic E-state index is 0.0248. The molecule has 0 amide bonds. The Morgan fingerprint density at radius 1 is 0.925 bits per heavy atom. The molecular formula is C36H43NO2S. The zero-order valence-corrected chi connectivity index (χ0v) is 25.2. The van der Waals surface area contributed by atoms with E-state index in [2.05, 4.69) is 61.2 Å². The van der Waals surface area contributed by atoms with Crippen molar-refractivity contribution in [1.29, 1.82) is 0 Å². The smallest absolute Gasteiger partial charge is 0.170 e. The van der Waals surface area contributed by atoms with Crippen molar-refractivity contribution in [3.63, 3.8) is 0 Å². The minimum atomic E-state index is 0.0248. The highest BCUT2D eigenvalue weighted by atomic mass is 32.2. The van der Waals surface area contributed by atoms with Crippen LogP contribution in [0.4, 0.5) is 11.4 Å². The zero-order valence-electron chi connectivity index (χ0n) is 24.4. The number of thioether (sulfide) groups is 1. The summed E-state index contributed by atoms with van der Waals surface area (Å²) in [6.45, 7) is 5.55. The Morgan fingerprint density at radius 2 is 1.62 bits per heavy atom. The van der Waals surface area contributed by atoms with E-state index in [1.54, 1.807) is 7.11 Å². The summed E-state index contributed by atoms with van der Waals surface area (Å²) in [5, 5.41) is 0. The van der Waals surface area contributed by atoms with E-state index in [0.717, 1.165) is 54.2 Å². The van der Waals surface area contributed by atoms with Crippen molar-refractivity contribution in [3.05, 3.63) is 70.1 Å². The number of benzene rings is 2. The van der Waals surface area contributed by atoms with Gasteiger partial charge in [-0.15, -0.1) is 11.8 Å². The Labute approximate surface area is 244 Å². The van der Waals surface area contributed by atoms with Gasteiger partial charge in [-0.2, -0.15) is 0 Å². The molecule has 210 valence electrons. The van der Waals surface area contributed by atoms with Gasteiger partial charge in [0.15, 0.2) is 5.78 Å². The molecule has 0 spiro atoms. The van der Waals surface area contributed by atoms with Gasteiger partial charge in [0.25, 0.3) is 0 Å². The molecule has 0 saturated heterocycles. The Balaban J connectivity index is 1.16. The molecule has 5 aliphatic carbocycles. The lowest BCUT2D eigenvalue weighted by atomic mass is 9.56. The molecule has 0 N–H and O–H groups in total. The maximum Gasteiger partial charge on any atom is 0.170 e. The molecule has 4 bridgehead atoms. The van der Waals surface area contributed by atoms with Gasteiger partial charge in [-0.3, -0.25) is 4.79 Å². The molecule has 0 aromatic heterocycles. The number of anilines is 2. The van der Waals surface area contributed by atoms with E-state index in [4.69, 9.17) is 4.74 Å². The number of carbonyl (C=O) groups excluding carboxylic acids is 1. The van der Waals surface area contributed by atoms with Crippen molar-refractivity contribution in [3.8, 4) is 5.75 Å². The topological polar surface area (TPSA) is 29.5 Å². The van der Waals surface area contributed by atoms with Crippen molar-refractivity contribution in [1.82, 2.24) is 0 Å². The highest BCUT2D eigenvalue weighted by Gasteiger charge is 2.52. The molecule has 40 heavy (non-hydrogen) atoms. The van der Waals surface area contributed by atoms with Gasteiger partial charge in [0, 0.05) is 29.1 Å². The molecule has 4 fully saturated rings. The number of carbonyl (C=O) groups is 1. The molecular weight excluding hydrogens is 510 g/mol. The molecule has 4 saturated carbocycles. The number of methoxy groups -OCH3 is 1. The summed E-state index contributed by atoms with van der Waals surface area (Å²) in [5.41, 5.74) is 6.46. The molecule has 0 atom stereocenters. The van der Waals surface area contributed by atoms with Gasteiger partial charge in [-0.1, -0.05) is 32.1 Å². The normalized spacial score (nSPS) is 30.7. The number of hydrogen-bond acceptors (Lipinski definition) is 4. The van der Waals surface area contributed by atoms with Crippen molar-refractivity contribution in [2.75, 3.05) is 18.6 Å². The van der Waals surface area contributed by atoms with Crippen LogP contribution in [0.15, 0.2) is 59.0 Å². The third-order valence-corrected chi connectivity index (χ3v) is 11.9. The number of nitrogens with zero attached hydrogens (tertiary/aromatic N) is 1. The zero-order chi connectivity index (χ0) is 27.5. The van der Waals surface area contributed by atoms with Gasteiger partial charge < -0.3 is 9.64 Å². The number of hydrogen-bond donors (Lipinski definition) is 0. The molecule has 1 heterocycles. The van der Waals surface area contributed by atoms with Crippen LogP contribution >= 0.6 is 11.8 Å². The maximum absolute atomic E-state index is 13.6. The molecule has 0 unspecified atom stereocenters. The second kappa shape index (κ2) is 10.1. The van der Waals surface area contributed by atoms with Crippen LogP contribution in [-0.4, -0.2) is 24.2 Å². The molecule has 2 aromatic rings. The fourth-order valence-corrected chi connectivity index (χ4v) is 10.8. The number of Topliss-reactive ketones (excluding diaryl/α,β-unsaturated/α-hetero) is 1. The molecule has 4 heteroatoms. The summed E-state index contributed by atoms with van der Waals surface area (Å²) in [6, 6.07) is 15.3. The molecule has 2 aromatic carbocycles. The van der Waals surface area contributed by atoms with Crippen molar-refractivity contribution in [2.24, 2.45) is 23.2 Å². The van der Waals surface area contributed by atoms with E-state index in [1.807, 2.05) is 23.9 Å². The Hall–Kier alpha value is -2.46. The average Bonchev–Trinajstić information content (AvgIpc) is 2.92. The van der Waals surface area contributed by atoms with Gasteiger partial charge in [0.05, 0.1) is 12.0 Å². The fraction of sp³-hybridized carbons (Fsp3) is 0.528. The highest BCUT2D eigenvalue weighted by Crippen LogP contribution is 2.62. The van der Waals surface area contributed by atoms with Crippen molar-refractivity contribution >= 4 is 35.0 Å². The van der Waals surface area contributed by atoms with Crippen LogP contribution in [0.1, 0.15) is 82.8 Å². The second-order valence-electron chi connectivity index (χ2n) is 14.2. The lowest BCUT2D eigenvalue weighted by Crippen LogP contribution is -2.48. The van der Waals surface area contributed by atoms with E-state index < -0.39 is 0 Å². The van der Waals surface area contributed by atoms with Gasteiger partial charge in [0.1, 0.15) is 5.75 Å². The number of aryl methyl sites for hydroxylation is 1. The lowest BCUT2D eigenvalue weighted by molar-refractivity contribution is -0.117. The number of ketones is 1. The molecule has 8 rings (SSSR count). The van der Waals surface area contributed by atoms with E-state index in [-0.39, 0.29) is 5.41 Å². The summed E-state index contributed by atoms with van der Waals surface area (Å²) in [7, 11) is 1.71. The van der Waals surface area contributed by atoms with Crippen LogP contribution < -0.4 is 9.64 Å². The van der Waals surface area contributed by atoms with Crippen LogP contribution in [0.5, 0.6) is 5.75 Å². The number of fused-ring (bicyclic) bond motifs is 1. The van der Waals surface area contributed by atoms with Crippen LogP contribution in [0.25, 0.3) is 6.08 Å². The molecule has 0 radical (unpaired) electrons. The van der Waals surface area contributed by atoms with Gasteiger partial charge in [0.2, 0.25) is 0 Å². The molecule has 1 aliphatic heterocycles. The van der Waals surface area contributed by atoms with Crippen molar-refractivity contribution < 1.29 is 9.53 Å². The van der Waals surface area contributed by atoms with Gasteiger partial charge >= 0.3 is 0 Å². The quantitative estimate of drug-likeness (QED) is 0.357. The van der Waals surface area contributed by atoms with Gasteiger partial charge in [-0.25, -0.2) is 0 Å². The van der Waals surface area contributed by atoms with E-state index >= 15 is 0 Å². The van der Waals surface area contributed by atoms with Gasteiger partial charge in [-0.05, 0) is 134 Å². The van der Waals surface area contributed by atoms with Crippen LogP contribution in [-0.2, 0) is 11.2 Å². The standard InChI is InChI=1S/C36H43NO2S/c1-35(2)22-29(34(33(38)23-35)40-36-19-25-15-26(20-36)17-27(16-25)21-36)8-6-24-7-13-32-28(18-24)5-4-14-37(32)30-9-11-31(39-3)12-10-30/h6-13,18,25-27H,4-5,14-17,19-23H2,1-3H3/b8-6+. The second-order valence-corrected chi connectivity index (χ2v) is 15.7. The molecule has 3 nitrogen and oxygen atoms in total. The predicted octanol–water partition coefficient (Wildman–Crippen LogP) is 9.14. The third-order valence-electron chi connectivity index (χ3n) is 10.2. The summed E-state index contributed by atoms with van der Waals surface area (Å²) in [5.74, 6) is 3.99. The Kier molecular flexibility index (Phi) is 6.69. The summed E-state index contributed by atoms with van der Waals surface area (Å²) in [4.78, 5) is 17.2. The SMILES string of the molecule is COc1ccc(N2CCCc3cc(/C=C/C4=C(SC56CC7CC(CC(C7)C5)C6)C(=O)CC(C)(C)C4)ccc32)cc1. The first-order chi connectivity index (χ1) is 19.3. The largest absolute Gasteiger partial charge is 0.497 e. The first-order valence-electron chi connectivity index (χ1n) is 15.5. The highest BCUT2D eigenvalue weighted by molar-refractivity contribution is 8.05. The fourth-order valence-electron chi connectivity index (χ4n) is 8.93. The van der Waals surface area contributed by atoms with Crippen LogP contribution in [0.2, 0.25) is 0 Å². The summed E-state index contributed by atoms with van der Waals surface area (Å²) >= 11 is 2.02. The maximum atomic E-state index is 13.6. The van der Waals surface area contributed by atoms with E-state index in [9.17, 15) is 4.79 Å². The van der Waals surface area contributed by atoms with Crippen LogP contribution in [0.3, 0.4) is 0 Å². The first kappa shape index (κ1) is 26.4. The predicted molar refractivity (Wildman–Crippen MR) is 167 cm³/mol. The number of ether oxygens (including phenoxy) is 1. The summed E-state index contributed by atoms with van der Waals surface area (Å²) in [6.07, 6.45) is 16.8. The van der Waals surface area contributed by atoms with Crippen LogP contribution in [0, 0.1) is 23.2 Å². The van der Waals surface area contributed by atoms with E-state index in [1.165, 1.54) is 66.6 Å². The number of allylic oxidation sites excluding steroid dienone is 3. The Bertz CT molecular complexity index is 1330. The number of rotatable bonds is 6. The first-order valence-corrected chi connectivity index (χ1v) is 16.3. The Morgan fingerprint density at radius 3 is 2.30 bits per heavy atom. The lowest BCUT2D eigenvalue weighted by Gasteiger charge is -2.56. The minimum Gasteiger partial charge on any atom is -0.497 e. The summed E-state index contributed by atoms with van der Waals surface area (Å²) < 4.78 is 5.68.